The molecule has 1 fully saturated rings. The molecule has 4 nitrogen and oxygen atoms in total. The Labute approximate surface area is 112 Å². The smallest absolute Gasteiger partial charge is 0.248 e. The lowest BCUT2D eigenvalue weighted by Gasteiger charge is -2.38. The number of halogens is 1. The average molecular weight is 268 g/mol. The topological polar surface area (TPSA) is 58.4 Å². The van der Waals surface area contributed by atoms with Crippen molar-refractivity contribution in [3.05, 3.63) is 28.8 Å². The van der Waals surface area contributed by atoms with Crippen molar-refractivity contribution in [2.75, 3.05) is 24.5 Å². The minimum atomic E-state index is -0.448. The van der Waals surface area contributed by atoms with Crippen molar-refractivity contribution >= 4 is 23.2 Å². The van der Waals surface area contributed by atoms with Gasteiger partial charge in [-0.15, -0.1) is 0 Å². The van der Waals surface area contributed by atoms with Gasteiger partial charge in [-0.1, -0.05) is 18.5 Å². The van der Waals surface area contributed by atoms with Crippen molar-refractivity contribution in [1.82, 2.24) is 5.32 Å². The van der Waals surface area contributed by atoms with Crippen LogP contribution in [0.25, 0.3) is 0 Å². The van der Waals surface area contributed by atoms with Gasteiger partial charge in [-0.2, -0.15) is 0 Å². The summed E-state index contributed by atoms with van der Waals surface area (Å²) in [6.45, 7) is 5.00. The van der Waals surface area contributed by atoms with E-state index in [1.807, 2.05) is 6.07 Å². The molecule has 1 aliphatic heterocycles. The van der Waals surface area contributed by atoms with E-state index in [1.54, 1.807) is 12.1 Å². The van der Waals surface area contributed by atoms with Crippen LogP contribution in [0.2, 0.25) is 5.02 Å². The van der Waals surface area contributed by atoms with E-state index in [4.69, 9.17) is 17.3 Å². The minimum Gasteiger partial charge on any atom is -0.366 e. The highest BCUT2D eigenvalue weighted by atomic mass is 35.5. The fourth-order valence-corrected chi connectivity index (χ4v) is 2.63. The first-order chi connectivity index (χ1) is 8.63. The summed E-state index contributed by atoms with van der Waals surface area (Å²) in [6, 6.07) is 5.71. The van der Waals surface area contributed by atoms with Crippen LogP contribution in [-0.4, -0.2) is 31.6 Å². The van der Waals surface area contributed by atoms with E-state index in [-0.39, 0.29) is 0 Å². The molecule has 1 aromatic rings. The van der Waals surface area contributed by atoms with E-state index in [0.717, 1.165) is 31.7 Å². The number of carbonyl (C=O) groups excluding carboxylic acids is 1. The van der Waals surface area contributed by atoms with E-state index in [2.05, 4.69) is 17.1 Å². The second-order valence-corrected chi connectivity index (χ2v) is 4.90. The molecule has 0 aliphatic carbocycles. The molecular weight excluding hydrogens is 250 g/mol. The quantitative estimate of drug-likeness (QED) is 0.875. The molecule has 1 saturated heterocycles. The number of nitrogens with zero attached hydrogens (tertiary/aromatic N) is 1. The summed E-state index contributed by atoms with van der Waals surface area (Å²) < 4.78 is 0. The Morgan fingerprint density at radius 1 is 1.61 bits per heavy atom. The molecule has 1 aliphatic rings. The summed E-state index contributed by atoms with van der Waals surface area (Å²) in [7, 11) is 0. The first kappa shape index (κ1) is 13.2. The van der Waals surface area contributed by atoms with E-state index < -0.39 is 5.91 Å². The molecule has 1 amide bonds. The Bertz CT molecular complexity index is 450. The van der Waals surface area contributed by atoms with Gasteiger partial charge in [-0.3, -0.25) is 4.79 Å². The normalized spacial score (nSPS) is 19.9. The molecule has 0 spiro atoms. The van der Waals surface area contributed by atoms with Crippen LogP contribution in [0.4, 0.5) is 5.69 Å². The third-order valence-electron chi connectivity index (χ3n) is 3.36. The zero-order valence-corrected chi connectivity index (χ0v) is 11.2. The van der Waals surface area contributed by atoms with Crippen LogP contribution in [0, 0.1) is 0 Å². The maximum atomic E-state index is 11.1. The predicted molar refractivity (Wildman–Crippen MR) is 74.3 cm³/mol. The van der Waals surface area contributed by atoms with Crippen molar-refractivity contribution in [2.45, 2.75) is 19.4 Å². The van der Waals surface area contributed by atoms with Crippen LogP contribution in [0.15, 0.2) is 18.2 Å². The molecule has 0 radical (unpaired) electrons. The lowest BCUT2D eigenvalue weighted by Crippen LogP contribution is -2.51. The van der Waals surface area contributed by atoms with Gasteiger partial charge in [0.2, 0.25) is 5.91 Å². The van der Waals surface area contributed by atoms with E-state index in [0.29, 0.717) is 16.6 Å². The van der Waals surface area contributed by atoms with Crippen LogP contribution < -0.4 is 16.0 Å². The summed E-state index contributed by atoms with van der Waals surface area (Å²) >= 11 is 6.26. The SMILES string of the molecule is CCC1CNCCN1c1ccc(C(N)=O)cc1Cl. The Morgan fingerprint density at radius 3 is 3.00 bits per heavy atom. The summed E-state index contributed by atoms with van der Waals surface area (Å²) in [5.74, 6) is -0.448. The van der Waals surface area contributed by atoms with Crippen molar-refractivity contribution in [1.29, 1.82) is 0 Å². The van der Waals surface area contributed by atoms with Gasteiger partial charge in [0.15, 0.2) is 0 Å². The maximum Gasteiger partial charge on any atom is 0.248 e. The van der Waals surface area contributed by atoms with Crippen LogP contribution >= 0.6 is 11.6 Å². The van der Waals surface area contributed by atoms with Crippen molar-refractivity contribution in [3.63, 3.8) is 0 Å². The largest absolute Gasteiger partial charge is 0.366 e. The number of nitrogens with two attached hydrogens (primary N) is 1. The Morgan fingerprint density at radius 2 is 2.39 bits per heavy atom. The minimum absolute atomic E-state index is 0.440. The van der Waals surface area contributed by atoms with E-state index in [1.165, 1.54) is 0 Å². The maximum absolute atomic E-state index is 11.1. The Hall–Kier alpha value is -1.26. The number of rotatable bonds is 3. The average Bonchev–Trinajstić information content (AvgIpc) is 2.38. The van der Waals surface area contributed by atoms with Crippen LogP contribution in [0.3, 0.4) is 0 Å². The number of hydrogen-bond donors (Lipinski definition) is 2. The molecule has 0 aromatic heterocycles. The van der Waals surface area contributed by atoms with Gasteiger partial charge in [0.05, 0.1) is 10.7 Å². The predicted octanol–water partition coefficient (Wildman–Crippen LogP) is 1.63. The van der Waals surface area contributed by atoms with Gasteiger partial charge in [0.1, 0.15) is 0 Å². The fourth-order valence-electron chi connectivity index (χ4n) is 2.34. The molecule has 5 heteroatoms. The Kier molecular flexibility index (Phi) is 4.09. The van der Waals surface area contributed by atoms with Gasteiger partial charge in [0.25, 0.3) is 0 Å². The third-order valence-corrected chi connectivity index (χ3v) is 3.67. The van der Waals surface area contributed by atoms with E-state index >= 15 is 0 Å². The first-order valence-electron chi connectivity index (χ1n) is 6.20. The molecule has 98 valence electrons. The standard InChI is InChI=1S/C13H18ClN3O/c1-2-10-8-16-5-6-17(10)12-4-3-9(13(15)18)7-11(12)14/h3-4,7,10,16H,2,5-6,8H2,1H3,(H2,15,18). The molecule has 1 atom stereocenters. The number of anilines is 1. The second-order valence-electron chi connectivity index (χ2n) is 4.49. The molecule has 0 saturated carbocycles. The highest BCUT2D eigenvalue weighted by Crippen LogP contribution is 2.29. The van der Waals surface area contributed by atoms with Crippen LogP contribution in [0.1, 0.15) is 23.7 Å². The van der Waals surface area contributed by atoms with Crippen molar-refractivity contribution in [3.8, 4) is 0 Å². The zero-order valence-electron chi connectivity index (χ0n) is 10.4. The highest BCUT2D eigenvalue weighted by Gasteiger charge is 2.22. The summed E-state index contributed by atoms with van der Waals surface area (Å²) in [6.07, 6.45) is 1.06. The first-order valence-corrected chi connectivity index (χ1v) is 6.58. The van der Waals surface area contributed by atoms with Crippen molar-refractivity contribution in [2.24, 2.45) is 5.73 Å². The van der Waals surface area contributed by atoms with Gasteiger partial charge in [-0.05, 0) is 24.6 Å². The lowest BCUT2D eigenvalue weighted by atomic mass is 10.1. The highest BCUT2D eigenvalue weighted by molar-refractivity contribution is 6.33. The fraction of sp³-hybridized carbons (Fsp3) is 0.462. The molecule has 1 unspecified atom stereocenters. The second kappa shape index (κ2) is 5.59. The molecule has 3 N–H and O–H groups in total. The zero-order chi connectivity index (χ0) is 13.1. The van der Waals surface area contributed by atoms with E-state index in [9.17, 15) is 4.79 Å². The summed E-state index contributed by atoms with van der Waals surface area (Å²) in [4.78, 5) is 13.4. The third kappa shape index (κ3) is 2.60. The van der Waals surface area contributed by atoms with Gasteiger partial charge < -0.3 is 16.0 Å². The van der Waals surface area contributed by atoms with Gasteiger partial charge in [-0.25, -0.2) is 0 Å². The van der Waals surface area contributed by atoms with Crippen molar-refractivity contribution < 1.29 is 4.79 Å². The molecule has 2 rings (SSSR count). The molecule has 1 heterocycles. The number of hydrogen-bond acceptors (Lipinski definition) is 3. The number of piperazine rings is 1. The monoisotopic (exact) mass is 267 g/mol. The summed E-state index contributed by atoms with van der Waals surface area (Å²) in [5, 5.41) is 3.97. The summed E-state index contributed by atoms with van der Waals surface area (Å²) in [5.41, 5.74) is 6.68. The molecule has 1 aromatic carbocycles. The Balaban J connectivity index is 2.29. The molecular formula is C13H18ClN3O. The van der Waals surface area contributed by atoms with Crippen LogP contribution in [0.5, 0.6) is 0 Å². The lowest BCUT2D eigenvalue weighted by molar-refractivity contribution is 0.100. The number of primary amides is 1. The number of carbonyl (C=O) groups is 1. The van der Waals surface area contributed by atoms with Gasteiger partial charge >= 0.3 is 0 Å². The van der Waals surface area contributed by atoms with Crippen LogP contribution in [-0.2, 0) is 0 Å². The number of nitrogens with one attached hydrogen (secondary N) is 1. The number of benzene rings is 1. The number of amides is 1. The molecule has 0 bridgehead atoms. The van der Waals surface area contributed by atoms with Gasteiger partial charge in [0, 0.05) is 31.2 Å². The molecule has 18 heavy (non-hydrogen) atoms.